The molecule has 5 aromatic rings. The normalized spacial score (nSPS) is 13.4. The van der Waals surface area contributed by atoms with Crippen LogP contribution in [0.1, 0.15) is 15.2 Å². The molecule has 0 spiro atoms. The Kier molecular flexibility index (Phi) is 2.91. The number of aryl methyl sites for hydroxylation is 2. The zero-order valence-corrected chi connectivity index (χ0v) is 15.0. The number of para-hydroxylation sites is 2. The van der Waals surface area contributed by atoms with E-state index in [0.29, 0.717) is 0 Å². The molecule has 0 aliphatic carbocycles. The van der Waals surface area contributed by atoms with E-state index in [0.717, 1.165) is 33.5 Å². The van der Waals surface area contributed by atoms with Gasteiger partial charge in [0.2, 0.25) is 0 Å². The van der Waals surface area contributed by atoms with Crippen molar-refractivity contribution >= 4 is 21.8 Å². The fraction of sp³-hybridized carbons (Fsp3) is 0.0800. The number of nitrogens with zero attached hydrogens (tertiary/aromatic N) is 2. The fourth-order valence-corrected chi connectivity index (χ4v) is 3.76. The summed E-state index contributed by atoms with van der Waals surface area (Å²) in [4.78, 5) is 4.42. The van der Waals surface area contributed by atoms with Gasteiger partial charge in [0, 0.05) is 32.3 Å². The molecule has 130 valence electrons. The van der Waals surface area contributed by atoms with Crippen molar-refractivity contribution in [3.63, 3.8) is 0 Å². The Labute approximate surface area is 162 Å². The van der Waals surface area contributed by atoms with Crippen molar-refractivity contribution < 1.29 is 4.11 Å². The van der Waals surface area contributed by atoms with E-state index >= 15 is 0 Å². The van der Waals surface area contributed by atoms with Gasteiger partial charge in [0.1, 0.15) is 0 Å². The van der Waals surface area contributed by atoms with Crippen LogP contribution in [-0.4, -0.2) is 9.55 Å². The summed E-state index contributed by atoms with van der Waals surface area (Å²) in [5.74, 6) is 0. The highest BCUT2D eigenvalue weighted by atomic mass is 15.0. The molecule has 0 aliphatic heterocycles. The molecule has 0 radical (unpaired) electrons. The number of benzene rings is 3. The van der Waals surface area contributed by atoms with E-state index in [2.05, 4.69) is 77.1 Å². The highest BCUT2D eigenvalue weighted by Crippen LogP contribution is 2.34. The van der Waals surface area contributed by atoms with Gasteiger partial charge in [0.25, 0.3) is 0 Å². The Balaban J connectivity index is 1.72. The molecule has 27 heavy (non-hydrogen) atoms. The van der Waals surface area contributed by atoms with Crippen molar-refractivity contribution in [3.8, 4) is 16.9 Å². The molecule has 3 aromatic carbocycles. The molecule has 0 saturated carbocycles. The minimum atomic E-state index is -2.15. The van der Waals surface area contributed by atoms with E-state index in [1.807, 2.05) is 6.07 Å². The molecule has 0 amide bonds. The Morgan fingerprint density at radius 2 is 1.52 bits per heavy atom. The molecule has 0 fully saturated rings. The second-order valence-corrected chi connectivity index (χ2v) is 6.80. The highest BCUT2D eigenvalue weighted by Gasteiger charge is 2.13. The van der Waals surface area contributed by atoms with Crippen molar-refractivity contribution in [1.82, 2.24) is 9.55 Å². The molecule has 2 aromatic heterocycles. The first-order valence-electron chi connectivity index (χ1n) is 10.5. The predicted molar refractivity (Wildman–Crippen MR) is 113 cm³/mol. The largest absolute Gasteiger partial charge is 0.309 e. The third kappa shape index (κ3) is 2.53. The summed E-state index contributed by atoms with van der Waals surface area (Å²) < 4.78 is 24.9. The van der Waals surface area contributed by atoms with Gasteiger partial charge in [-0.3, -0.25) is 4.98 Å². The molecule has 0 unspecified atom stereocenters. The SMILES string of the molecule is [2H]C([2H])([2H])c1ccc(-c2ccc(C)c(-n3c4ccccc4c4ccccc43)c2)nc1. The van der Waals surface area contributed by atoms with E-state index in [-0.39, 0.29) is 5.56 Å². The third-order valence-corrected chi connectivity index (χ3v) is 5.09. The van der Waals surface area contributed by atoms with Gasteiger partial charge in [-0.1, -0.05) is 54.6 Å². The monoisotopic (exact) mass is 351 g/mol. The number of rotatable bonds is 2. The van der Waals surface area contributed by atoms with Gasteiger partial charge in [-0.25, -0.2) is 0 Å². The summed E-state index contributed by atoms with van der Waals surface area (Å²) in [5, 5.41) is 2.44. The maximum absolute atomic E-state index is 7.55. The van der Waals surface area contributed by atoms with Crippen molar-refractivity contribution in [2.24, 2.45) is 0 Å². The molecule has 0 saturated heterocycles. The van der Waals surface area contributed by atoms with E-state index in [1.165, 1.54) is 17.0 Å². The third-order valence-electron chi connectivity index (χ3n) is 5.09. The number of pyridine rings is 1. The van der Waals surface area contributed by atoms with Crippen LogP contribution in [0.5, 0.6) is 0 Å². The van der Waals surface area contributed by atoms with Crippen LogP contribution in [0.3, 0.4) is 0 Å². The average Bonchev–Trinajstić information content (AvgIpc) is 3.08. The molecule has 0 aliphatic rings. The Morgan fingerprint density at radius 1 is 0.815 bits per heavy atom. The molecule has 2 heteroatoms. The minimum absolute atomic E-state index is 0.251. The quantitative estimate of drug-likeness (QED) is 0.357. The molecule has 0 N–H and O–H groups in total. The lowest BCUT2D eigenvalue weighted by atomic mass is 10.1. The Bertz CT molecular complexity index is 1330. The van der Waals surface area contributed by atoms with Gasteiger partial charge in [-0.15, -0.1) is 0 Å². The zero-order valence-electron chi connectivity index (χ0n) is 18.0. The zero-order chi connectivity index (χ0) is 20.9. The summed E-state index contributed by atoms with van der Waals surface area (Å²) >= 11 is 0. The standard InChI is InChI=1S/C25H20N2/c1-17-11-14-22(26-16-17)19-13-12-18(2)25(15-19)27-23-9-5-3-7-20(23)21-8-4-6-10-24(21)27/h3-16H,1-2H3/i1D3. The number of aromatic nitrogens is 2. The number of fused-ring (bicyclic) bond motifs is 3. The molecule has 0 bridgehead atoms. The lowest BCUT2D eigenvalue weighted by Gasteiger charge is -2.13. The van der Waals surface area contributed by atoms with Crippen LogP contribution >= 0.6 is 0 Å². The fourth-order valence-electron chi connectivity index (χ4n) is 3.76. The summed E-state index contributed by atoms with van der Waals surface area (Å²) in [7, 11) is 0. The second kappa shape index (κ2) is 6.10. The second-order valence-electron chi connectivity index (χ2n) is 6.80. The van der Waals surface area contributed by atoms with E-state index in [4.69, 9.17) is 4.11 Å². The van der Waals surface area contributed by atoms with Gasteiger partial charge >= 0.3 is 0 Å². The molecule has 0 atom stereocenters. The first-order chi connectivity index (χ1) is 14.4. The Hall–Kier alpha value is -3.39. The van der Waals surface area contributed by atoms with Crippen LogP contribution in [0.25, 0.3) is 38.8 Å². The molecule has 2 heterocycles. The summed E-state index contributed by atoms with van der Waals surface area (Å²) in [5.41, 5.74) is 6.52. The smallest absolute Gasteiger partial charge is 0.0702 e. The van der Waals surface area contributed by atoms with Crippen LogP contribution in [0.4, 0.5) is 0 Å². The van der Waals surface area contributed by atoms with Crippen molar-refractivity contribution in [1.29, 1.82) is 0 Å². The number of hydrogen-bond acceptors (Lipinski definition) is 1. The van der Waals surface area contributed by atoms with E-state index in [1.54, 1.807) is 12.1 Å². The first kappa shape index (κ1) is 12.9. The highest BCUT2D eigenvalue weighted by molar-refractivity contribution is 6.09. The van der Waals surface area contributed by atoms with Crippen LogP contribution in [0, 0.1) is 13.8 Å². The lowest BCUT2D eigenvalue weighted by molar-refractivity contribution is 1.15. The van der Waals surface area contributed by atoms with E-state index in [9.17, 15) is 0 Å². The van der Waals surface area contributed by atoms with Gasteiger partial charge in [0.15, 0.2) is 0 Å². The van der Waals surface area contributed by atoms with Crippen molar-refractivity contribution in [3.05, 3.63) is 96.2 Å². The lowest BCUT2D eigenvalue weighted by Crippen LogP contribution is -1.98. The van der Waals surface area contributed by atoms with Crippen LogP contribution in [0.2, 0.25) is 0 Å². The van der Waals surface area contributed by atoms with Crippen LogP contribution in [-0.2, 0) is 0 Å². The average molecular weight is 351 g/mol. The topological polar surface area (TPSA) is 17.8 Å². The van der Waals surface area contributed by atoms with Crippen LogP contribution in [0.15, 0.2) is 85.1 Å². The van der Waals surface area contributed by atoms with Gasteiger partial charge < -0.3 is 4.57 Å². The number of hydrogen-bond donors (Lipinski definition) is 0. The maximum atomic E-state index is 7.55. The van der Waals surface area contributed by atoms with Crippen molar-refractivity contribution in [2.45, 2.75) is 13.8 Å². The summed E-state index contributed by atoms with van der Waals surface area (Å²) in [6.45, 7) is -0.0409. The predicted octanol–water partition coefficient (Wildman–Crippen LogP) is 6.46. The molecular formula is C25H20N2. The summed E-state index contributed by atoms with van der Waals surface area (Å²) in [6, 6.07) is 26.5. The Morgan fingerprint density at radius 3 is 2.15 bits per heavy atom. The van der Waals surface area contributed by atoms with Gasteiger partial charge in [-0.2, -0.15) is 0 Å². The maximum Gasteiger partial charge on any atom is 0.0702 e. The van der Waals surface area contributed by atoms with Crippen LogP contribution < -0.4 is 0 Å². The molecule has 5 rings (SSSR count). The molecular weight excluding hydrogens is 328 g/mol. The van der Waals surface area contributed by atoms with E-state index < -0.39 is 6.85 Å². The van der Waals surface area contributed by atoms with Gasteiger partial charge in [-0.05, 0) is 49.2 Å². The summed E-state index contributed by atoms with van der Waals surface area (Å²) in [6.07, 6.45) is 1.45. The first-order valence-corrected chi connectivity index (χ1v) is 8.99. The minimum Gasteiger partial charge on any atom is -0.309 e. The van der Waals surface area contributed by atoms with Crippen molar-refractivity contribution in [2.75, 3.05) is 0 Å². The van der Waals surface area contributed by atoms with Gasteiger partial charge in [0.05, 0.1) is 16.7 Å². The molecule has 2 nitrogen and oxygen atoms in total.